The number of hydrogen-bond donors (Lipinski definition) is 2. The summed E-state index contributed by atoms with van der Waals surface area (Å²) in [5.74, 6) is 0.768. The van der Waals surface area contributed by atoms with E-state index in [0.29, 0.717) is 22.6 Å². The molecule has 0 amide bonds. The fraction of sp³-hybridized carbons (Fsp3) is 0.115. The van der Waals surface area contributed by atoms with Gasteiger partial charge in [-0.2, -0.15) is 0 Å². The largest absolute Gasteiger partial charge is 0.508 e. The Morgan fingerprint density at radius 3 is 2.58 bits per heavy atom. The van der Waals surface area contributed by atoms with Crippen molar-refractivity contribution in [2.24, 2.45) is 0 Å². The van der Waals surface area contributed by atoms with Gasteiger partial charge in [0.2, 0.25) is 0 Å². The topological polar surface area (TPSA) is 67.8 Å². The van der Waals surface area contributed by atoms with Crippen LogP contribution in [0.5, 0.6) is 17.2 Å². The van der Waals surface area contributed by atoms with Crippen LogP contribution in [0.4, 0.5) is 5.69 Å². The third-order valence-corrected chi connectivity index (χ3v) is 6.03. The maximum absolute atomic E-state index is 12.8. The standard InChI is InChI=1S/C26H19NO4/c28-18-11-13-22-24(15-18)30-23-14-17(27-16-6-2-1-3-7-16)10-12-21(23)26(22)20-9-5-4-8-19(20)25(29)31-26/h1-6,8-16,27-28H,7H2. The molecule has 1 aliphatic carbocycles. The van der Waals surface area contributed by atoms with Crippen LogP contribution in [0.2, 0.25) is 0 Å². The summed E-state index contributed by atoms with van der Waals surface area (Å²) >= 11 is 0. The Hall–Kier alpha value is -3.99. The van der Waals surface area contributed by atoms with Gasteiger partial charge in [-0.15, -0.1) is 0 Å². The molecule has 31 heavy (non-hydrogen) atoms. The second-order valence-electron chi connectivity index (χ2n) is 7.91. The third-order valence-electron chi connectivity index (χ3n) is 6.03. The average molecular weight is 409 g/mol. The van der Waals surface area contributed by atoms with E-state index >= 15 is 0 Å². The monoisotopic (exact) mass is 409 g/mol. The molecule has 2 N–H and O–H groups in total. The predicted octanol–water partition coefficient (Wildman–Crippen LogP) is 5.26. The van der Waals surface area contributed by atoms with Gasteiger partial charge in [0.05, 0.1) is 5.56 Å². The van der Waals surface area contributed by atoms with Crippen molar-refractivity contribution in [1.29, 1.82) is 0 Å². The molecule has 0 radical (unpaired) electrons. The molecule has 2 atom stereocenters. The number of nitrogens with one attached hydrogen (secondary N) is 1. The van der Waals surface area contributed by atoms with E-state index in [2.05, 4.69) is 17.5 Å². The van der Waals surface area contributed by atoms with Gasteiger partial charge < -0.3 is 19.9 Å². The number of aromatic hydroxyl groups is 1. The number of phenolic OH excluding ortho intramolecular Hbond substituents is 1. The van der Waals surface area contributed by atoms with Crippen LogP contribution < -0.4 is 10.1 Å². The van der Waals surface area contributed by atoms with Crippen LogP contribution in [-0.2, 0) is 10.3 Å². The highest BCUT2D eigenvalue weighted by molar-refractivity contribution is 5.97. The van der Waals surface area contributed by atoms with E-state index in [1.165, 1.54) is 0 Å². The van der Waals surface area contributed by atoms with Crippen molar-refractivity contribution in [3.63, 3.8) is 0 Å². The van der Waals surface area contributed by atoms with Gasteiger partial charge in [0, 0.05) is 40.6 Å². The summed E-state index contributed by atoms with van der Waals surface area (Å²) in [6, 6.07) is 18.4. The van der Waals surface area contributed by atoms with Crippen molar-refractivity contribution in [2.45, 2.75) is 18.1 Å². The van der Waals surface area contributed by atoms with Crippen molar-refractivity contribution >= 4 is 11.7 Å². The Morgan fingerprint density at radius 2 is 1.74 bits per heavy atom. The molecule has 152 valence electrons. The molecule has 6 rings (SSSR count). The molecule has 3 aromatic carbocycles. The van der Waals surface area contributed by atoms with Gasteiger partial charge in [-0.1, -0.05) is 42.5 Å². The van der Waals surface area contributed by atoms with Gasteiger partial charge in [-0.25, -0.2) is 4.79 Å². The van der Waals surface area contributed by atoms with Gasteiger partial charge in [0.25, 0.3) is 0 Å². The van der Waals surface area contributed by atoms with Crippen LogP contribution in [0.15, 0.2) is 85.0 Å². The van der Waals surface area contributed by atoms with Gasteiger partial charge >= 0.3 is 5.97 Å². The number of anilines is 1. The first-order chi connectivity index (χ1) is 15.1. The minimum atomic E-state index is -1.11. The Morgan fingerprint density at radius 1 is 0.935 bits per heavy atom. The van der Waals surface area contributed by atoms with E-state index in [-0.39, 0.29) is 17.8 Å². The number of carbonyl (C=O) groups is 1. The second kappa shape index (κ2) is 6.51. The number of carbonyl (C=O) groups excluding carboxylic acids is 1. The highest BCUT2D eigenvalue weighted by atomic mass is 16.6. The Labute approximate surface area is 179 Å². The summed E-state index contributed by atoms with van der Waals surface area (Å²) in [7, 11) is 0. The quantitative estimate of drug-likeness (QED) is 0.566. The van der Waals surface area contributed by atoms with E-state index < -0.39 is 5.60 Å². The average Bonchev–Trinajstić information content (AvgIpc) is 3.07. The van der Waals surface area contributed by atoms with Crippen molar-refractivity contribution in [3.05, 3.63) is 107 Å². The lowest BCUT2D eigenvalue weighted by Gasteiger charge is -2.36. The lowest BCUT2D eigenvalue weighted by Crippen LogP contribution is -2.33. The first-order valence-corrected chi connectivity index (χ1v) is 10.2. The van der Waals surface area contributed by atoms with Crippen molar-refractivity contribution in [2.75, 3.05) is 5.32 Å². The van der Waals surface area contributed by atoms with Crippen LogP contribution in [0.1, 0.15) is 33.5 Å². The lowest BCUT2D eigenvalue weighted by atomic mass is 9.77. The summed E-state index contributed by atoms with van der Waals surface area (Å²) in [4.78, 5) is 12.8. The van der Waals surface area contributed by atoms with Crippen LogP contribution in [-0.4, -0.2) is 17.1 Å². The fourth-order valence-electron chi connectivity index (χ4n) is 4.66. The second-order valence-corrected chi connectivity index (χ2v) is 7.91. The molecule has 2 aliphatic heterocycles. The summed E-state index contributed by atoms with van der Waals surface area (Å²) in [6.45, 7) is 0. The lowest BCUT2D eigenvalue weighted by molar-refractivity contribution is 0.0224. The summed E-state index contributed by atoms with van der Waals surface area (Å²) in [5, 5.41) is 13.6. The molecule has 3 aliphatic rings. The highest BCUT2D eigenvalue weighted by Gasteiger charge is 2.53. The van der Waals surface area contributed by atoms with Crippen LogP contribution >= 0.6 is 0 Å². The third kappa shape index (κ3) is 2.60. The van der Waals surface area contributed by atoms with Gasteiger partial charge in [0.1, 0.15) is 17.2 Å². The zero-order valence-corrected chi connectivity index (χ0v) is 16.5. The molecule has 2 heterocycles. The van der Waals surface area contributed by atoms with Crippen LogP contribution in [0, 0.1) is 0 Å². The molecular formula is C26H19NO4. The number of allylic oxidation sites excluding steroid dienone is 2. The normalized spacial score (nSPS) is 22.3. The number of rotatable bonds is 2. The molecule has 0 aromatic heterocycles. The molecule has 0 bridgehead atoms. The summed E-state index contributed by atoms with van der Waals surface area (Å²) < 4.78 is 12.3. The predicted molar refractivity (Wildman–Crippen MR) is 117 cm³/mol. The number of hydrogen-bond acceptors (Lipinski definition) is 5. The maximum atomic E-state index is 12.8. The van der Waals surface area contributed by atoms with Crippen LogP contribution in [0.3, 0.4) is 0 Å². The molecule has 0 fully saturated rings. The van der Waals surface area contributed by atoms with Gasteiger partial charge in [0.15, 0.2) is 5.60 Å². The fourth-order valence-corrected chi connectivity index (χ4v) is 4.66. The highest BCUT2D eigenvalue weighted by Crippen LogP contribution is 2.56. The van der Waals surface area contributed by atoms with Crippen molar-refractivity contribution < 1.29 is 19.4 Å². The van der Waals surface area contributed by atoms with Gasteiger partial charge in [-0.05, 0) is 36.8 Å². The minimum absolute atomic E-state index is 0.0865. The minimum Gasteiger partial charge on any atom is -0.508 e. The zero-order chi connectivity index (χ0) is 21.0. The summed E-state index contributed by atoms with van der Waals surface area (Å²) in [6.07, 6.45) is 9.20. The number of phenols is 1. The van der Waals surface area contributed by atoms with Crippen LogP contribution in [0.25, 0.3) is 0 Å². The van der Waals surface area contributed by atoms with E-state index in [9.17, 15) is 9.90 Å². The number of benzene rings is 3. The Kier molecular flexibility index (Phi) is 3.74. The van der Waals surface area contributed by atoms with E-state index in [0.717, 1.165) is 23.2 Å². The number of ether oxygens (including phenoxy) is 2. The maximum Gasteiger partial charge on any atom is 0.340 e. The molecule has 1 spiro atoms. The smallest absolute Gasteiger partial charge is 0.340 e. The van der Waals surface area contributed by atoms with E-state index in [4.69, 9.17) is 9.47 Å². The van der Waals surface area contributed by atoms with E-state index in [1.807, 2.05) is 48.6 Å². The van der Waals surface area contributed by atoms with Gasteiger partial charge in [-0.3, -0.25) is 0 Å². The Bertz CT molecular complexity index is 1290. The number of esters is 1. The summed E-state index contributed by atoms with van der Waals surface area (Å²) in [5.41, 5.74) is 2.55. The molecule has 5 heteroatoms. The molecule has 0 saturated heterocycles. The first-order valence-electron chi connectivity index (χ1n) is 10.2. The van der Waals surface area contributed by atoms with Crippen molar-refractivity contribution in [1.82, 2.24) is 0 Å². The Balaban J connectivity index is 1.53. The van der Waals surface area contributed by atoms with E-state index in [1.54, 1.807) is 24.3 Å². The zero-order valence-electron chi connectivity index (χ0n) is 16.5. The molecular weight excluding hydrogens is 390 g/mol. The number of fused-ring (bicyclic) bond motifs is 6. The SMILES string of the molecule is O=C1OC2(c3ccc(O)cc3Oc3cc(NC4C=CC=CC4)ccc32)c2ccccc21. The van der Waals surface area contributed by atoms with Crippen molar-refractivity contribution in [3.8, 4) is 17.2 Å². The molecule has 3 aromatic rings. The first kappa shape index (κ1) is 17.8. The molecule has 0 saturated carbocycles. The molecule has 5 nitrogen and oxygen atoms in total. The molecule has 2 unspecified atom stereocenters.